The van der Waals surface area contributed by atoms with E-state index in [2.05, 4.69) is 16.8 Å². The van der Waals surface area contributed by atoms with Crippen LogP contribution in [0.1, 0.15) is 18.2 Å². The standard InChI is InChI=1S/C10H16N3O6PS/c1-5-3-13(10(15)12-9(5)11)8-2-6(7(4-14)18-8)19-20(16,17)21/h3,6-8,14H,2,4H2,1H3,(H2,11,12,15)(H2,16,17,21)/t6-,7?,8-/m1/s1. The van der Waals surface area contributed by atoms with Crippen LogP contribution >= 0.6 is 6.72 Å². The van der Waals surface area contributed by atoms with Gasteiger partial charge < -0.3 is 29.9 Å². The van der Waals surface area contributed by atoms with Gasteiger partial charge in [-0.15, -0.1) is 0 Å². The van der Waals surface area contributed by atoms with Crippen LogP contribution in [0.25, 0.3) is 0 Å². The summed E-state index contributed by atoms with van der Waals surface area (Å²) in [6.07, 6.45) is -0.796. The van der Waals surface area contributed by atoms with E-state index in [0.29, 0.717) is 5.56 Å². The maximum atomic E-state index is 11.8. The SMILES string of the molecule is Cc1cn([C@H]2C[C@@H](OP(O)(O)=S)C(CO)O2)c(=O)nc1N. The van der Waals surface area contributed by atoms with Gasteiger partial charge in [0.15, 0.2) is 0 Å². The molecule has 1 fully saturated rings. The zero-order valence-electron chi connectivity index (χ0n) is 11.1. The number of nitrogens with two attached hydrogens (primary N) is 1. The number of hydrogen-bond donors (Lipinski definition) is 4. The van der Waals surface area contributed by atoms with E-state index in [4.69, 9.17) is 15.0 Å². The lowest BCUT2D eigenvalue weighted by molar-refractivity contribution is -0.0434. The molecule has 2 rings (SSSR count). The molecule has 0 saturated carbocycles. The number of nitrogen functional groups attached to an aromatic ring is 1. The molecule has 9 nitrogen and oxygen atoms in total. The van der Waals surface area contributed by atoms with Gasteiger partial charge in [0.25, 0.3) is 0 Å². The highest BCUT2D eigenvalue weighted by Crippen LogP contribution is 2.43. The average molecular weight is 337 g/mol. The number of aliphatic hydroxyl groups excluding tert-OH is 1. The van der Waals surface area contributed by atoms with Gasteiger partial charge in [-0.25, -0.2) is 4.79 Å². The lowest BCUT2D eigenvalue weighted by atomic mass is 10.2. The number of aryl methyl sites for hydroxylation is 1. The first-order valence-electron chi connectivity index (χ1n) is 6.07. The molecular weight excluding hydrogens is 321 g/mol. The fourth-order valence-electron chi connectivity index (χ4n) is 2.11. The lowest BCUT2D eigenvalue weighted by Crippen LogP contribution is -2.28. The molecule has 0 aromatic carbocycles. The largest absolute Gasteiger partial charge is 0.394 e. The van der Waals surface area contributed by atoms with Gasteiger partial charge in [0.05, 0.1) is 12.7 Å². The van der Waals surface area contributed by atoms with Crippen LogP contribution in [-0.2, 0) is 21.1 Å². The van der Waals surface area contributed by atoms with E-state index < -0.39 is 37.5 Å². The summed E-state index contributed by atoms with van der Waals surface area (Å²) in [5, 5.41) is 9.25. The Morgan fingerprint density at radius 1 is 1.67 bits per heavy atom. The van der Waals surface area contributed by atoms with Gasteiger partial charge in [0.2, 0.25) is 0 Å². The molecule has 0 aliphatic carbocycles. The number of nitrogens with zero attached hydrogens (tertiary/aromatic N) is 2. The number of rotatable bonds is 4. The Labute approximate surface area is 125 Å². The Balaban J connectivity index is 2.25. The zero-order valence-corrected chi connectivity index (χ0v) is 12.8. The van der Waals surface area contributed by atoms with Crippen molar-refractivity contribution in [1.82, 2.24) is 9.55 Å². The van der Waals surface area contributed by atoms with Gasteiger partial charge in [-0.3, -0.25) is 4.57 Å². The third-order valence-electron chi connectivity index (χ3n) is 3.12. The molecule has 2 heterocycles. The molecule has 1 saturated heterocycles. The van der Waals surface area contributed by atoms with E-state index in [0.717, 1.165) is 0 Å². The van der Waals surface area contributed by atoms with Gasteiger partial charge in [0, 0.05) is 18.2 Å². The van der Waals surface area contributed by atoms with Crippen LogP contribution in [0, 0.1) is 6.92 Å². The second-order valence-electron chi connectivity index (χ2n) is 4.68. The highest BCUT2D eigenvalue weighted by molar-refractivity contribution is 8.06. The molecule has 0 bridgehead atoms. The lowest BCUT2D eigenvalue weighted by Gasteiger charge is -2.18. The highest BCUT2D eigenvalue weighted by Gasteiger charge is 2.39. The molecule has 0 amide bonds. The van der Waals surface area contributed by atoms with Gasteiger partial charge in [-0.2, -0.15) is 4.98 Å². The highest BCUT2D eigenvalue weighted by atomic mass is 32.5. The second-order valence-corrected chi connectivity index (χ2v) is 7.30. The number of aliphatic hydroxyl groups is 1. The Morgan fingerprint density at radius 2 is 2.33 bits per heavy atom. The molecule has 21 heavy (non-hydrogen) atoms. The van der Waals surface area contributed by atoms with Crippen molar-refractivity contribution in [2.45, 2.75) is 31.8 Å². The normalized spacial score (nSPS) is 26.2. The van der Waals surface area contributed by atoms with Crippen LogP contribution in [-0.4, -0.2) is 43.3 Å². The molecule has 1 aromatic heterocycles. The summed E-state index contributed by atoms with van der Waals surface area (Å²) in [5.74, 6) is 0.127. The van der Waals surface area contributed by atoms with E-state index in [-0.39, 0.29) is 12.2 Å². The van der Waals surface area contributed by atoms with Gasteiger partial charge >= 0.3 is 12.4 Å². The fourth-order valence-corrected chi connectivity index (χ4v) is 3.01. The minimum absolute atomic E-state index is 0.121. The van der Waals surface area contributed by atoms with E-state index in [1.807, 2.05) is 0 Å². The zero-order chi connectivity index (χ0) is 15.8. The number of hydrogen-bond acceptors (Lipinski definition) is 7. The van der Waals surface area contributed by atoms with Crippen LogP contribution in [0.3, 0.4) is 0 Å². The molecule has 11 heteroatoms. The Hall–Kier alpha value is -0.870. The summed E-state index contributed by atoms with van der Waals surface area (Å²) in [7, 11) is 0. The number of ether oxygens (including phenoxy) is 1. The first kappa shape index (κ1) is 16.5. The molecule has 0 spiro atoms. The van der Waals surface area contributed by atoms with Gasteiger partial charge in [-0.1, -0.05) is 0 Å². The smallest absolute Gasteiger partial charge is 0.351 e. The minimum atomic E-state index is -3.89. The summed E-state index contributed by atoms with van der Waals surface area (Å²) in [6, 6.07) is 0. The molecule has 1 aliphatic heterocycles. The van der Waals surface area contributed by atoms with Gasteiger partial charge in [-0.05, 0) is 18.7 Å². The predicted octanol–water partition coefficient (Wildman–Crippen LogP) is -0.992. The summed E-state index contributed by atoms with van der Waals surface area (Å²) in [4.78, 5) is 33.9. The maximum Gasteiger partial charge on any atom is 0.351 e. The first-order chi connectivity index (χ1) is 9.71. The molecule has 1 unspecified atom stereocenters. The first-order valence-corrected chi connectivity index (χ1v) is 8.69. The monoisotopic (exact) mass is 337 g/mol. The average Bonchev–Trinajstić information content (AvgIpc) is 2.74. The van der Waals surface area contributed by atoms with E-state index >= 15 is 0 Å². The summed E-state index contributed by atoms with van der Waals surface area (Å²) in [5.41, 5.74) is 5.54. The summed E-state index contributed by atoms with van der Waals surface area (Å²) >= 11 is 4.41. The second kappa shape index (κ2) is 6.09. The van der Waals surface area contributed by atoms with Crippen molar-refractivity contribution in [2.75, 3.05) is 12.3 Å². The summed E-state index contributed by atoms with van der Waals surface area (Å²) in [6.45, 7) is -2.62. The van der Waals surface area contributed by atoms with Gasteiger partial charge in [0.1, 0.15) is 18.1 Å². The summed E-state index contributed by atoms with van der Waals surface area (Å²) < 4.78 is 11.6. The van der Waals surface area contributed by atoms with Crippen molar-refractivity contribution in [3.8, 4) is 0 Å². The van der Waals surface area contributed by atoms with E-state index in [1.54, 1.807) is 6.92 Å². The Kier molecular flexibility index (Phi) is 4.79. The predicted molar refractivity (Wildman–Crippen MR) is 76.9 cm³/mol. The quantitative estimate of drug-likeness (QED) is 0.510. The minimum Gasteiger partial charge on any atom is -0.394 e. The molecule has 3 atom stereocenters. The Bertz CT molecular complexity index is 632. The van der Waals surface area contributed by atoms with Crippen molar-refractivity contribution in [2.24, 2.45) is 0 Å². The van der Waals surface area contributed by atoms with Crippen LogP contribution in [0.5, 0.6) is 0 Å². The molecule has 118 valence electrons. The molecular formula is C10H16N3O6PS. The van der Waals surface area contributed by atoms with Crippen molar-refractivity contribution in [3.63, 3.8) is 0 Å². The maximum absolute atomic E-state index is 11.8. The molecule has 1 aliphatic rings. The topological polar surface area (TPSA) is 140 Å². The molecule has 1 aromatic rings. The number of aromatic nitrogens is 2. The molecule has 0 radical (unpaired) electrons. The van der Waals surface area contributed by atoms with Crippen molar-refractivity contribution < 1.29 is 24.2 Å². The van der Waals surface area contributed by atoms with Crippen LogP contribution in [0.2, 0.25) is 0 Å². The fraction of sp³-hybridized carbons (Fsp3) is 0.600. The van der Waals surface area contributed by atoms with Crippen LogP contribution in [0.15, 0.2) is 11.0 Å². The van der Waals surface area contributed by atoms with Crippen molar-refractivity contribution >= 4 is 24.3 Å². The van der Waals surface area contributed by atoms with Crippen LogP contribution < -0.4 is 11.4 Å². The Morgan fingerprint density at radius 3 is 2.90 bits per heavy atom. The molecule has 5 N–H and O–H groups in total. The third kappa shape index (κ3) is 3.86. The third-order valence-corrected chi connectivity index (χ3v) is 3.92. The van der Waals surface area contributed by atoms with Crippen molar-refractivity contribution in [1.29, 1.82) is 0 Å². The van der Waals surface area contributed by atoms with E-state index in [1.165, 1.54) is 10.8 Å². The van der Waals surface area contributed by atoms with Crippen molar-refractivity contribution in [3.05, 3.63) is 22.2 Å². The van der Waals surface area contributed by atoms with Crippen LogP contribution in [0.4, 0.5) is 5.82 Å². The van der Waals surface area contributed by atoms with E-state index in [9.17, 15) is 19.7 Å². The number of anilines is 1.